The van der Waals surface area contributed by atoms with E-state index in [1.165, 1.54) is 33.4 Å². The first kappa shape index (κ1) is 42.8. The monoisotopic (exact) mass is 956 g/mol. The van der Waals surface area contributed by atoms with Gasteiger partial charge in [-0.3, -0.25) is 0 Å². The summed E-state index contributed by atoms with van der Waals surface area (Å²) in [4.78, 5) is 9.87. The average molecular weight is 957 g/mol. The Morgan fingerprint density at radius 1 is 0.253 bits per heavy atom. The van der Waals surface area contributed by atoms with E-state index >= 15 is 0 Å². The van der Waals surface area contributed by atoms with E-state index in [0.29, 0.717) is 11.8 Å². The second-order valence-corrected chi connectivity index (χ2v) is 19.6. The van der Waals surface area contributed by atoms with E-state index in [1.807, 2.05) is 48.5 Å². The molecule has 0 unspecified atom stereocenters. The Morgan fingerprint density at radius 2 is 0.653 bits per heavy atom. The van der Waals surface area contributed by atoms with E-state index in [9.17, 15) is 0 Å². The number of rotatable bonds is 8. The lowest BCUT2D eigenvalue weighted by molar-refractivity contribution is 0.620. The first-order valence-corrected chi connectivity index (χ1v) is 25.5. The molecule has 1 aliphatic carbocycles. The van der Waals surface area contributed by atoms with Crippen molar-refractivity contribution in [3.63, 3.8) is 0 Å². The zero-order valence-corrected chi connectivity index (χ0v) is 40.6. The zero-order valence-electron chi connectivity index (χ0n) is 40.6. The van der Waals surface area contributed by atoms with E-state index in [4.69, 9.17) is 18.8 Å². The van der Waals surface area contributed by atoms with Crippen molar-refractivity contribution in [1.82, 2.24) is 9.97 Å². The third-order valence-corrected chi connectivity index (χ3v) is 15.4. The SMILES string of the molecule is c1ccc(C2(c3ccccc3)c3ccccc3-c3ccc(-c4cccc(-c5cc(-c6ccc(-c7nc8ccccc8o7)c7ccccc67)cc(-c6ccc(-c7nc8ccccc8o7)c7ccccc67)c5)c4)cc32)cc1. The molecule has 0 saturated carbocycles. The van der Waals surface area contributed by atoms with Crippen molar-refractivity contribution in [2.45, 2.75) is 5.41 Å². The van der Waals surface area contributed by atoms with E-state index in [1.54, 1.807) is 0 Å². The molecule has 0 saturated heterocycles. The summed E-state index contributed by atoms with van der Waals surface area (Å²) in [5, 5.41) is 4.38. The van der Waals surface area contributed by atoms with Gasteiger partial charge in [0, 0.05) is 11.1 Å². The molecule has 0 aliphatic heterocycles. The summed E-state index contributed by atoms with van der Waals surface area (Å²) in [6.45, 7) is 0. The van der Waals surface area contributed by atoms with E-state index in [2.05, 4.69) is 218 Å². The third kappa shape index (κ3) is 6.84. The number of aromatic nitrogens is 2. The van der Waals surface area contributed by atoms with Crippen molar-refractivity contribution in [2.24, 2.45) is 0 Å². The highest BCUT2D eigenvalue weighted by Crippen LogP contribution is 2.57. The molecular weight excluding hydrogens is 913 g/mol. The molecule has 14 aromatic rings. The number of hydrogen-bond donors (Lipinski definition) is 0. The van der Waals surface area contributed by atoms with Gasteiger partial charge >= 0.3 is 0 Å². The Hall–Kier alpha value is -9.90. The second kappa shape index (κ2) is 17.1. The molecule has 0 bridgehead atoms. The molecule has 15 rings (SSSR count). The lowest BCUT2D eigenvalue weighted by atomic mass is 9.67. The van der Waals surface area contributed by atoms with Crippen molar-refractivity contribution in [1.29, 1.82) is 0 Å². The van der Waals surface area contributed by atoms with Gasteiger partial charge in [-0.1, -0.05) is 200 Å². The summed E-state index contributed by atoms with van der Waals surface area (Å²) in [6, 6.07) is 96.1. The van der Waals surface area contributed by atoms with Crippen LogP contribution in [0.15, 0.2) is 276 Å². The Kier molecular flexibility index (Phi) is 9.76. The van der Waals surface area contributed by atoms with Crippen LogP contribution in [0, 0.1) is 0 Å². The fraction of sp³-hybridized carbons (Fsp3) is 0.0141. The minimum absolute atomic E-state index is 0.497. The molecule has 0 N–H and O–H groups in total. The number of nitrogens with zero attached hydrogens (tertiary/aromatic N) is 2. The maximum Gasteiger partial charge on any atom is 0.227 e. The molecule has 2 aromatic heterocycles. The van der Waals surface area contributed by atoms with Crippen LogP contribution in [0.4, 0.5) is 0 Å². The van der Waals surface area contributed by atoms with Crippen LogP contribution >= 0.6 is 0 Å². The highest BCUT2D eigenvalue weighted by Gasteiger charge is 2.46. The fourth-order valence-corrected chi connectivity index (χ4v) is 12.1. The normalized spacial score (nSPS) is 12.6. The number of oxazole rings is 2. The van der Waals surface area contributed by atoms with Gasteiger partial charge in [-0.25, -0.2) is 9.97 Å². The van der Waals surface area contributed by atoms with Gasteiger partial charge in [0.1, 0.15) is 11.0 Å². The predicted molar refractivity (Wildman–Crippen MR) is 307 cm³/mol. The van der Waals surface area contributed by atoms with Gasteiger partial charge in [-0.05, 0) is 166 Å². The van der Waals surface area contributed by atoms with Gasteiger partial charge in [0.05, 0.1) is 5.41 Å². The molecule has 4 nitrogen and oxygen atoms in total. The standard InChI is InChI=1S/C71H44N2O2/c1-3-20-51(21-4-1)71(52-22-5-2-6-23-52)63-29-12-11-28-59(63)60-35-34-47(44-64(60)71)45-18-17-19-46(40-45)48-41-49(53-36-38-61(57-26-9-7-24-55(53)57)69-72-65-30-13-15-32-67(65)74-69)43-50(42-48)54-37-39-62(58-27-10-8-25-56(54)58)70-73-66-31-14-16-33-68(66)75-70/h1-44H. The van der Waals surface area contributed by atoms with Crippen LogP contribution in [-0.4, -0.2) is 9.97 Å². The van der Waals surface area contributed by atoms with Crippen molar-refractivity contribution in [3.8, 4) is 78.5 Å². The predicted octanol–water partition coefficient (Wildman–Crippen LogP) is 18.6. The fourth-order valence-electron chi connectivity index (χ4n) is 12.1. The molecule has 1 aliphatic rings. The quantitative estimate of drug-likeness (QED) is 0.152. The highest BCUT2D eigenvalue weighted by atomic mass is 16.4. The zero-order chi connectivity index (χ0) is 49.5. The minimum Gasteiger partial charge on any atom is -0.436 e. The van der Waals surface area contributed by atoms with Gasteiger partial charge < -0.3 is 8.83 Å². The average Bonchev–Trinajstić information content (AvgIpc) is 4.25. The van der Waals surface area contributed by atoms with Gasteiger partial charge in [-0.2, -0.15) is 0 Å². The van der Waals surface area contributed by atoms with Crippen LogP contribution < -0.4 is 0 Å². The molecule has 350 valence electrons. The first-order chi connectivity index (χ1) is 37.2. The van der Waals surface area contributed by atoms with Crippen LogP contribution in [0.25, 0.3) is 122 Å². The van der Waals surface area contributed by atoms with Gasteiger partial charge in [-0.15, -0.1) is 0 Å². The third-order valence-electron chi connectivity index (χ3n) is 15.4. The molecule has 75 heavy (non-hydrogen) atoms. The van der Waals surface area contributed by atoms with Crippen LogP contribution in [0.3, 0.4) is 0 Å². The first-order valence-electron chi connectivity index (χ1n) is 25.5. The number of para-hydroxylation sites is 4. The van der Waals surface area contributed by atoms with E-state index in [-0.39, 0.29) is 0 Å². The molecule has 0 radical (unpaired) electrons. The maximum atomic E-state index is 6.38. The lowest BCUT2D eigenvalue weighted by Gasteiger charge is -2.34. The van der Waals surface area contributed by atoms with E-state index < -0.39 is 5.41 Å². The molecule has 0 fully saturated rings. The van der Waals surface area contributed by atoms with Crippen LogP contribution in [-0.2, 0) is 5.41 Å². The van der Waals surface area contributed by atoms with Crippen molar-refractivity contribution in [3.05, 3.63) is 289 Å². The minimum atomic E-state index is -0.497. The molecule has 0 atom stereocenters. The van der Waals surface area contributed by atoms with Crippen LogP contribution in [0.1, 0.15) is 22.3 Å². The number of fused-ring (bicyclic) bond motifs is 7. The van der Waals surface area contributed by atoms with Crippen molar-refractivity contribution < 1.29 is 8.83 Å². The summed E-state index contributed by atoms with van der Waals surface area (Å²) in [6.07, 6.45) is 0. The number of hydrogen-bond acceptors (Lipinski definition) is 4. The molecule has 4 heteroatoms. The van der Waals surface area contributed by atoms with Gasteiger partial charge in [0.25, 0.3) is 0 Å². The Bertz CT molecular complexity index is 4270. The van der Waals surface area contributed by atoms with Crippen LogP contribution in [0.2, 0.25) is 0 Å². The van der Waals surface area contributed by atoms with Crippen molar-refractivity contribution >= 4 is 43.7 Å². The second-order valence-electron chi connectivity index (χ2n) is 19.6. The topological polar surface area (TPSA) is 52.1 Å². The largest absolute Gasteiger partial charge is 0.436 e. The Labute approximate surface area is 433 Å². The molecule has 2 heterocycles. The lowest BCUT2D eigenvalue weighted by Crippen LogP contribution is -2.28. The smallest absolute Gasteiger partial charge is 0.227 e. The van der Waals surface area contributed by atoms with Gasteiger partial charge in [0.2, 0.25) is 11.8 Å². The maximum absolute atomic E-state index is 6.38. The number of benzene rings is 12. The Balaban J connectivity index is 0.918. The van der Waals surface area contributed by atoms with Crippen molar-refractivity contribution in [2.75, 3.05) is 0 Å². The van der Waals surface area contributed by atoms with E-state index in [0.717, 1.165) is 99.4 Å². The molecule has 12 aromatic carbocycles. The van der Waals surface area contributed by atoms with Crippen LogP contribution in [0.5, 0.6) is 0 Å². The summed E-state index contributed by atoms with van der Waals surface area (Å²) in [7, 11) is 0. The highest BCUT2D eigenvalue weighted by molar-refractivity contribution is 6.08. The molecule has 0 spiro atoms. The van der Waals surface area contributed by atoms with Gasteiger partial charge in [0.15, 0.2) is 11.2 Å². The summed E-state index contributed by atoms with van der Waals surface area (Å²) in [5.41, 5.74) is 21.2. The summed E-state index contributed by atoms with van der Waals surface area (Å²) in [5.74, 6) is 1.21. The molecule has 0 amide bonds. The Morgan fingerprint density at radius 3 is 1.21 bits per heavy atom. The summed E-state index contributed by atoms with van der Waals surface area (Å²) >= 11 is 0. The molecular formula is C71H44N2O2. The summed E-state index contributed by atoms with van der Waals surface area (Å²) < 4.78 is 12.8.